The van der Waals surface area contributed by atoms with Crippen LogP contribution in [-0.4, -0.2) is 32.0 Å². The molecule has 0 unspecified atom stereocenters. The van der Waals surface area contributed by atoms with E-state index in [4.69, 9.17) is 12.2 Å². The fourth-order valence-corrected chi connectivity index (χ4v) is 4.09. The second kappa shape index (κ2) is 20.9. The molecule has 2 N–H and O–H groups in total. The summed E-state index contributed by atoms with van der Waals surface area (Å²) in [6.45, 7) is 3.20. The van der Waals surface area contributed by atoms with Crippen LogP contribution in [-0.2, 0) is 0 Å². The zero-order valence-corrected chi connectivity index (χ0v) is 22.5. The minimum Gasteiger partial charge on any atom is -0.378 e. The van der Waals surface area contributed by atoms with Crippen molar-refractivity contribution in [2.45, 2.75) is 110 Å². The van der Waals surface area contributed by atoms with Crippen LogP contribution in [0, 0.1) is 0 Å². The number of thiocarbonyl (C=S) groups is 1. The van der Waals surface area contributed by atoms with Gasteiger partial charge in [0.1, 0.15) is 0 Å². The zero-order chi connectivity index (χ0) is 24.0. The summed E-state index contributed by atoms with van der Waals surface area (Å²) < 4.78 is 0. The maximum absolute atomic E-state index is 5.29. The number of anilines is 1. The van der Waals surface area contributed by atoms with Crippen LogP contribution >= 0.6 is 12.2 Å². The number of hydrazone groups is 1. The van der Waals surface area contributed by atoms with Gasteiger partial charge in [0, 0.05) is 26.3 Å². The summed E-state index contributed by atoms with van der Waals surface area (Å²) in [5.74, 6) is 0. The molecule has 0 heterocycles. The molecule has 188 valence electrons. The molecule has 5 heteroatoms. The standard InChI is InChI=1S/C28H50N4S/c1-4-5-6-7-8-9-10-11-12-13-14-15-16-17-18-19-24-29-28(33)31-30-25-26-20-22-27(23-21-26)32(2)3/h20-23,25H,4-19,24H2,1-3H3,(H2,29,31,33)/b30-25+. The van der Waals surface area contributed by atoms with Crippen LogP contribution in [0.5, 0.6) is 0 Å². The average Bonchev–Trinajstić information content (AvgIpc) is 2.81. The fourth-order valence-electron chi connectivity index (χ4n) is 3.94. The van der Waals surface area contributed by atoms with Crippen molar-refractivity contribution < 1.29 is 0 Å². The second-order valence-corrected chi connectivity index (χ2v) is 9.82. The molecule has 0 fully saturated rings. The number of benzene rings is 1. The Balaban J connectivity index is 1.85. The van der Waals surface area contributed by atoms with Crippen molar-refractivity contribution >= 4 is 29.2 Å². The highest BCUT2D eigenvalue weighted by molar-refractivity contribution is 7.80. The maximum atomic E-state index is 5.29. The Kier molecular flexibility index (Phi) is 18.7. The van der Waals surface area contributed by atoms with E-state index in [-0.39, 0.29) is 0 Å². The van der Waals surface area contributed by atoms with E-state index in [0.717, 1.165) is 18.5 Å². The normalized spacial score (nSPS) is 11.1. The predicted octanol–water partition coefficient (Wildman–Crippen LogP) is 7.81. The highest BCUT2D eigenvalue weighted by atomic mass is 32.1. The van der Waals surface area contributed by atoms with Crippen LogP contribution < -0.4 is 15.6 Å². The van der Waals surface area contributed by atoms with Crippen LogP contribution in [0.4, 0.5) is 5.69 Å². The fraction of sp³-hybridized carbons (Fsp3) is 0.714. The topological polar surface area (TPSA) is 39.7 Å². The molecule has 0 atom stereocenters. The van der Waals surface area contributed by atoms with Gasteiger partial charge in [-0.25, -0.2) is 0 Å². The summed E-state index contributed by atoms with van der Waals surface area (Å²) in [4.78, 5) is 2.08. The van der Waals surface area contributed by atoms with Crippen molar-refractivity contribution in [1.82, 2.24) is 10.7 Å². The number of hydrogen-bond acceptors (Lipinski definition) is 3. The number of nitrogens with zero attached hydrogens (tertiary/aromatic N) is 2. The molecule has 1 aromatic rings. The molecule has 4 nitrogen and oxygen atoms in total. The average molecular weight is 475 g/mol. The lowest BCUT2D eigenvalue weighted by molar-refractivity contribution is 0.529. The quantitative estimate of drug-likeness (QED) is 0.0874. The van der Waals surface area contributed by atoms with Crippen LogP contribution in [0.2, 0.25) is 0 Å². The molecule has 0 aliphatic heterocycles. The van der Waals surface area contributed by atoms with E-state index in [1.807, 2.05) is 26.2 Å². The molecule has 0 aliphatic carbocycles. The lowest BCUT2D eigenvalue weighted by Gasteiger charge is -2.11. The van der Waals surface area contributed by atoms with Gasteiger partial charge in [0.2, 0.25) is 0 Å². The first-order valence-corrected chi connectivity index (χ1v) is 13.9. The van der Waals surface area contributed by atoms with Gasteiger partial charge in [0.15, 0.2) is 5.11 Å². The summed E-state index contributed by atoms with van der Waals surface area (Å²) in [7, 11) is 4.07. The minimum absolute atomic E-state index is 0.595. The first-order valence-electron chi connectivity index (χ1n) is 13.5. The maximum Gasteiger partial charge on any atom is 0.186 e. The molecule has 0 saturated carbocycles. The van der Waals surface area contributed by atoms with Crippen LogP contribution in [0.3, 0.4) is 0 Å². The molecule has 0 saturated heterocycles. The van der Waals surface area contributed by atoms with E-state index < -0.39 is 0 Å². The largest absolute Gasteiger partial charge is 0.378 e. The molecule has 0 radical (unpaired) electrons. The van der Waals surface area contributed by atoms with Crippen molar-refractivity contribution in [2.75, 3.05) is 25.5 Å². The van der Waals surface area contributed by atoms with E-state index in [0.29, 0.717) is 5.11 Å². The molecule has 1 aromatic carbocycles. The van der Waals surface area contributed by atoms with Crippen LogP contribution in [0.25, 0.3) is 0 Å². The molecular formula is C28H50N4S. The molecule has 33 heavy (non-hydrogen) atoms. The number of rotatable bonds is 20. The Bertz CT molecular complexity index is 613. The second-order valence-electron chi connectivity index (χ2n) is 9.42. The number of nitrogens with one attached hydrogen (secondary N) is 2. The molecule has 0 spiro atoms. The van der Waals surface area contributed by atoms with Gasteiger partial charge in [-0.1, -0.05) is 115 Å². The molecule has 0 aromatic heterocycles. The zero-order valence-electron chi connectivity index (χ0n) is 21.7. The van der Waals surface area contributed by atoms with Gasteiger partial charge in [0.05, 0.1) is 6.21 Å². The Morgan fingerprint density at radius 2 is 1.21 bits per heavy atom. The van der Waals surface area contributed by atoms with Crippen LogP contribution in [0.15, 0.2) is 29.4 Å². The van der Waals surface area contributed by atoms with E-state index in [1.165, 1.54) is 102 Å². The van der Waals surface area contributed by atoms with E-state index in [2.05, 4.69) is 39.8 Å². The summed E-state index contributed by atoms with van der Waals surface area (Å²) in [5.41, 5.74) is 5.13. The van der Waals surface area contributed by atoms with Gasteiger partial charge >= 0.3 is 0 Å². The Labute approximate surface area is 210 Å². The Hall–Kier alpha value is -1.62. The third kappa shape index (κ3) is 17.5. The smallest absolute Gasteiger partial charge is 0.186 e. The highest BCUT2D eigenvalue weighted by Gasteiger charge is 1.97. The van der Waals surface area contributed by atoms with E-state index in [1.54, 1.807) is 6.21 Å². The van der Waals surface area contributed by atoms with Gasteiger partial charge in [-0.2, -0.15) is 5.10 Å². The predicted molar refractivity (Wildman–Crippen MR) is 152 cm³/mol. The van der Waals surface area contributed by atoms with Crippen molar-refractivity contribution in [3.63, 3.8) is 0 Å². The minimum atomic E-state index is 0.595. The van der Waals surface area contributed by atoms with Crippen LogP contribution in [0.1, 0.15) is 115 Å². The lowest BCUT2D eigenvalue weighted by atomic mass is 10.0. The number of unbranched alkanes of at least 4 members (excludes halogenated alkanes) is 15. The summed E-state index contributed by atoms with van der Waals surface area (Å²) in [6, 6.07) is 8.26. The molecule has 0 aliphatic rings. The van der Waals surface area contributed by atoms with Gasteiger partial charge in [-0.3, -0.25) is 5.43 Å². The highest BCUT2D eigenvalue weighted by Crippen LogP contribution is 2.14. The summed E-state index contributed by atoms with van der Waals surface area (Å²) in [6.07, 6.45) is 24.1. The molecule has 1 rings (SSSR count). The van der Waals surface area contributed by atoms with Gasteiger partial charge in [-0.15, -0.1) is 0 Å². The monoisotopic (exact) mass is 474 g/mol. The third-order valence-corrected chi connectivity index (χ3v) is 6.34. The Morgan fingerprint density at radius 1 is 0.758 bits per heavy atom. The number of hydrogen-bond donors (Lipinski definition) is 2. The lowest BCUT2D eigenvalue weighted by Crippen LogP contribution is -2.32. The SMILES string of the molecule is CCCCCCCCCCCCCCCCCCNC(=S)N/N=C/c1ccc(N(C)C)cc1. The van der Waals surface area contributed by atoms with Crippen molar-refractivity contribution in [1.29, 1.82) is 0 Å². The van der Waals surface area contributed by atoms with Crippen molar-refractivity contribution in [3.05, 3.63) is 29.8 Å². The van der Waals surface area contributed by atoms with Gasteiger partial charge < -0.3 is 10.2 Å². The Morgan fingerprint density at radius 3 is 1.67 bits per heavy atom. The van der Waals surface area contributed by atoms with E-state index >= 15 is 0 Å². The molecular weight excluding hydrogens is 424 g/mol. The molecule has 0 amide bonds. The summed E-state index contributed by atoms with van der Waals surface area (Å²) in [5, 5.41) is 8.06. The van der Waals surface area contributed by atoms with Gasteiger partial charge in [-0.05, 0) is 36.3 Å². The molecule has 0 bridgehead atoms. The first-order chi connectivity index (χ1) is 16.1. The first kappa shape index (κ1) is 29.4. The van der Waals surface area contributed by atoms with Crippen molar-refractivity contribution in [2.24, 2.45) is 5.10 Å². The summed E-state index contributed by atoms with van der Waals surface area (Å²) >= 11 is 5.29. The van der Waals surface area contributed by atoms with E-state index in [9.17, 15) is 0 Å². The third-order valence-electron chi connectivity index (χ3n) is 6.11. The van der Waals surface area contributed by atoms with Crippen molar-refractivity contribution in [3.8, 4) is 0 Å². The van der Waals surface area contributed by atoms with Gasteiger partial charge in [0.25, 0.3) is 0 Å².